The third-order valence-electron chi connectivity index (χ3n) is 4.74. The zero-order valence-electron chi connectivity index (χ0n) is 15.7. The van der Waals surface area contributed by atoms with Crippen LogP contribution in [0.25, 0.3) is 0 Å². The van der Waals surface area contributed by atoms with Crippen LogP contribution in [0.4, 0.5) is 0 Å². The fourth-order valence-electron chi connectivity index (χ4n) is 3.42. The van der Waals surface area contributed by atoms with Gasteiger partial charge >= 0.3 is 0 Å². The molecule has 3 heteroatoms. The first-order valence-electron chi connectivity index (χ1n) is 8.74. The van der Waals surface area contributed by atoms with Gasteiger partial charge in [-0.1, -0.05) is 40.2 Å². The van der Waals surface area contributed by atoms with Gasteiger partial charge in [0.25, 0.3) is 0 Å². The molecule has 0 atom stereocenters. The highest BCUT2D eigenvalue weighted by Gasteiger charge is 2.22. The van der Waals surface area contributed by atoms with Crippen LogP contribution >= 0.6 is 12.4 Å². The van der Waals surface area contributed by atoms with Gasteiger partial charge in [0.1, 0.15) is 5.84 Å². The van der Waals surface area contributed by atoms with E-state index in [0.717, 1.165) is 25.3 Å². The molecule has 0 radical (unpaired) electrons. The molecule has 0 amide bonds. The highest BCUT2D eigenvalue weighted by Crippen LogP contribution is 2.33. The first-order chi connectivity index (χ1) is 10.3. The number of aliphatic imine (C=N–C) groups is 1. The molecule has 1 aliphatic rings. The fraction of sp³-hybridized carbons (Fsp3) is 0.650. The average molecular weight is 337 g/mol. The van der Waals surface area contributed by atoms with Crippen molar-refractivity contribution in [3.63, 3.8) is 0 Å². The molecule has 0 bridgehead atoms. The van der Waals surface area contributed by atoms with Crippen molar-refractivity contribution in [3.05, 3.63) is 33.9 Å². The number of benzene rings is 1. The largest absolute Gasteiger partial charge is 0.372 e. The SMILES string of the molecule is CCCCc1c(C(C)(C)C)cc(C)c(CC2=NCCN2)c1C.Cl. The van der Waals surface area contributed by atoms with Crippen LogP contribution in [0.3, 0.4) is 0 Å². The van der Waals surface area contributed by atoms with Gasteiger partial charge in [0.2, 0.25) is 0 Å². The van der Waals surface area contributed by atoms with E-state index in [-0.39, 0.29) is 17.8 Å². The predicted octanol–water partition coefficient (Wildman–Crippen LogP) is 4.91. The van der Waals surface area contributed by atoms with Crippen molar-refractivity contribution < 1.29 is 0 Å². The molecule has 1 N–H and O–H groups in total. The van der Waals surface area contributed by atoms with Gasteiger partial charge in [-0.05, 0) is 59.9 Å². The summed E-state index contributed by atoms with van der Waals surface area (Å²) in [5.41, 5.74) is 7.70. The Bertz CT molecular complexity index is 568. The average Bonchev–Trinajstić information content (AvgIpc) is 2.94. The van der Waals surface area contributed by atoms with E-state index in [1.165, 1.54) is 41.5 Å². The number of amidine groups is 1. The van der Waals surface area contributed by atoms with Crippen LogP contribution in [-0.2, 0) is 18.3 Å². The standard InChI is InChI=1S/C20H32N2.ClH/c1-7-8-9-16-15(3)17(13-19-21-10-11-22-19)14(2)12-18(16)20(4,5)6;/h12H,7-11,13H2,1-6H3,(H,21,22);1H. The second-order valence-corrected chi connectivity index (χ2v) is 7.61. The van der Waals surface area contributed by atoms with Gasteiger partial charge in [-0.3, -0.25) is 4.99 Å². The number of hydrogen-bond acceptors (Lipinski definition) is 2. The molecule has 23 heavy (non-hydrogen) atoms. The molecular formula is C20H33ClN2. The lowest BCUT2D eigenvalue weighted by Crippen LogP contribution is -2.23. The van der Waals surface area contributed by atoms with Crippen LogP contribution in [0.2, 0.25) is 0 Å². The Morgan fingerprint density at radius 3 is 2.39 bits per heavy atom. The molecule has 0 saturated heterocycles. The van der Waals surface area contributed by atoms with Crippen molar-refractivity contribution in [1.82, 2.24) is 5.32 Å². The molecule has 1 aromatic carbocycles. The number of hydrogen-bond donors (Lipinski definition) is 1. The van der Waals surface area contributed by atoms with E-state index in [2.05, 4.69) is 57.9 Å². The van der Waals surface area contributed by atoms with Crippen LogP contribution in [0, 0.1) is 13.8 Å². The minimum Gasteiger partial charge on any atom is -0.372 e. The van der Waals surface area contributed by atoms with E-state index in [0.29, 0.717) is 0 Å². The van der Waals surface area contributed by atoms with Crippen molar-refractivity contribution in [2.24, 2.45) is 4.99 Å². The van der Waals surface area contributed by atoms with Gasteiger partial charge in [0.15, 0.2) is 0 Å². The van der Waals surface area contributed by atoms with Crippen molar-refractivity contribution in [2.75, 3.05) is 13.1 Å². The van der Waals surface area contributed by atoms with Gasteiger partial charge in [-0.2, -0.15) is 0 Å². The first kappa shape index (κ1) is 20.0. The summed E-state index contributed by atoms with van der Waals surface area (Å²) in [7, 11) is 0. The molecule has 1 aliphatic heterocycles. The Kier molecular flexibility index (Phi) is 7.13. The van der Waals surface area contributed by atoms with Gasteiger partial charge in [-0.15, -0.1) is 12.4 Å². The Hall–Kier alpha value is -1.02. The van der Waals surface area contributed by atoms with Crippen LogP contribution in [0.1, 0.15) is 68.4 Å². The molecule has 0 aromatic heterocycles. The van der Waals surface area contributed by atoms with E-state index >= 15 is 0 Å². The van der Waals surface area contributed by atoms with Gasteiger partial charge < -0.3 is 5.32 Å². The molecule has 1 heterocycles. The third kappa shape index (κ3) is 4.73. The number of unbranched alkanes of at least 4 members (excludes halogenated alkanes) is 1. The molecule has 130 valence electrons. The molecule has 0 saturated carbocycles. The van der Waals surface area contributed by atoms with E-state index in [1.54, 1.807) is 5.56 Å². The van der Waals surface area contributed by atoms with Gasteiger partial charge in [-0.25, -0.2) is 0 Å². The molecule has 0 fully saturated rings. The summed E-state index contributed by atoms with van der Waals surface area (Å²) in [6, 6.07) is 2.43. The third-order valence-corrected chi connectivity index (χ3v) is 4.74. The zero-order chi connectivity index (χ0) is 16.3. The van der Waals surface area contributed by atoms with Crippen molar-refractivity contribution in [1.29, 1.82) is 0 Å². The quantitative estimate of drug-likeness (QED) is 0.811. The second kappa shape index (κ2) is 8.19. The highest BCUT2D eigenvalue weighted by atomic mass is 35.5. The lowest BCUT2D eigenvalue weighted by molar-refractivity contribution is 0.577. The van der Waals surface area contributed by atoms with Crippen molar-refractivity contribution in [3.8, 4) is 0 Å². The van der Waals surface area contributed by atoms with Crippen LogP contribution in [0.5, 0.6) is 0 Å². The lowest BCUT2D eigenvalue weighted by atomic mass is 9.78. The maximum Gasteiger partial charge on any atom is 0.101 e. The van der Waals surface area contributed by atoms with E-state index in [4.69, 9.17) is 0 Å². The molecule has 1 aromatic rings. The Morgan fingerprint density at radius 2 is 1.87 bits per heavy atom. The summed E-state index contributed by atoms with van der Waals surface area (Å²) < 4.78 is 0. The summed E-state index contributed by atoms with van der Waals surface area (Å²) in [5, 5.41) is 3.42. The summed E-state index contributed by atoms with van der Waals surface area (Å²) >= 11 is 0. The van der Waals surface area contributed by atoms with Gasteiger partial charge in [0, 0.05) is 13.0 Å². The molecule has 2 rings (SSSR count). The van der Waals surface area contributed by atoms with E-state index in [1.807, 2.05) is 0 Å². The van der Waals surface area contributed by atoms with Crippen LogP contribution in [0.15, 0.2) is 11.1 Å². The highest BCUT2D eigenvalue weighted by molar-refractivity contribution is 5.86. The van der Waals surface area contributed by atoms with E-state index in [9.17, 15) is 0 Å². The number of nitrogens with zero attached hydrogens (tertiary/aromatic N) is 1. The molecular weight excluding hydrogens is 304 g/mol. The number of nitrogens with one attached hydrogen (secondary N) is 1. The predicted molar refractivity (Wildman–Crippen MR) is 104 cm³/mol. The molecule has 2 nitrogen and oxygen atoms in total. The minimum absolute atomic E-state index is 0. The smallest absolute Gasteiger partial charge is 0.101 e. The van der Waals surface area contributed by atoms with Gasteiger partial charge in [0.05, 0.1) is 6.54 Å². The maximum atomic E-state index is 4.58. The van der Waals surface area contributed by atoms with Crippen LogP contribution in [-0.4, -0.2) is 18.9 Å². The Labute approximate surface area is 148 Å². The molecule has 0 spiro atoms. The lowest BCUT2D eigenvalue weighted by Gasteiger charge is -2.27. The number of halogens is 1. The Balaban J connectivity index is 0.00000264. The number of aryl methyl sites for hydroxylation is 1. The summed E-state index contributed by atoms with van der Waals surface area (Å²) in [6.45, 7) is 15.8. The second-order valence-electron chi connectivity index (χ2n) is 7.61. The normalized spacial score (nSPS) is 14.3. The zero-order valence-corrected chi connectivity index (χ0v) is 16.5. The Morgan fingerprint density at radius 1 is 1.17 bits per heavy atom. The van der Waals surface area contributed by atoms with Crippen molar-refractivity contribution in [2.45, 2.75) is 72.6 Å². The van der Waals surface area contributed by atoms with Crippen molar-refractivity contribution >= 4 is 18.2 Å². The molecule has 0 aliphatic carbocycles. The van der Waals surface area contributed by atoms with E-state index < -0.39 is 0 Å². The topological polar surface area (TPSA) is 24.4 Å². The summed E-state index contributed by atoms with van der Waals surface area (Å²) in [4.78, 5) is 4.58. The summed E-state index contributed by atoms with van der Waals surface area (Å²) in [6.07, 6.45) is 4.68. The minimum atomic E-state index is 0. The fourth-order valence-corrected chi connectivity index (χ4v) is 3.42. The molecule has 0 unspecified atom stereocenters. The summed E-state index contributed by atoms with van der Waals surface area (Å²) in [5.74, 6) is 1.16. The first-order valence-corrected chi connectivity index (χ1v) is 8.74. The number of rotatable bonds is 5. The van der Waals surface area contributed by atoms with Crippen LogP contribution < -0.4 is 5.32 Å². The monoisotopic (exact) mass is 336 g/mol. The maximum absolute atomic E-state index is 4.58.